The Morgan fingerprint density at radius 3 is 2.33 bits per heavy atom. The quantitative estimate of drug-likeness (QED) is 0.861. The summed E-state index contributed by atoms with van der Waals surface area (Å²) in [6.07, 6.45) is 9.96. The van der Waals surface area contributed by atoms with Crippen LogP contribution < -0.4 is 11.1 Å². The number of oxazole rings is 1. The normalized spacial score (nSPS) is 41.3. The van der Waals surface area contributed by atoms with Crippen molar-refractivity contribution >= 4 is 6.01 Å². The van der Waals surface area contributed by atoms with Crippen molar-refractivity contribution < 1.29 is 4.42 Å². The highest BCUT2D eigenvalue weighted by atomic mass is 16.4. The number of hydrogen-bond donors (Lipinski definition) is 2. The van der Waals surface area contributed by atoms with Gasteiger partial charge in [0.1, 0.15) is 6.26 Å². The van der Waals surface area contributed by atoms with Gasteiger partial charge in [-0.25, -0.2) is 0 Å². The SMILES string of the molecule is NCc1coc(NC23CC4CC(CC(C4)C2)C3)n1. The Kier molecular flexibility index (Phi) is 2.25. The zero-order chi connectivity index (χ0) is 12.2. The molecule has 18 heavy (non-hydrogen) atoms. The first-order chi connectivity index (χ1) is 8.75. The van der Waals surface area contributed by atoms with Crippen LogP contribution in [0.5, 0.6) is 0 Å². The number of nitrogens with one attached hydrogen (secondary N) is 1. The molecule has 0 aliphatic heterocycles. The van der Waals surface area contributed by atoms with Gasteiger partial charge in [-0.3, -0.25) is 0 Å². The average molecular weight is 247 g/mol. The molecule has 4 nitrogen and oxygen atoms in total. The lowest BCUT2D eigenvalue weighted by Crippen LogP contribution is -2.54. The summed E-state index contributed by atoms with van der Waals surface area (Å²) in [6.45, 7) is 0.450. The van der Waals surface area contributed by atoms with Gasteiger partial charge in [0, 0.05) is 12.1 Å². The molecule has 1 aromatic heterocycles. The Hall–Kier alpha value is -1.03. The number of nitrogens with zero attached hydrogens (tertiary/aromatic N) is 1. The van der Waals surface area contributed by atoms with Crippen molar-refractivity contribution in [3.8, 4) is 0 Å². The summed E-state index contributed by atoms with van der Waals surface area (Å²) in [4.78, 5) is 4.40. The molecule has 3 N–H and O–H groups in total. The molecule has 4 aliphatic rings. The number of nitrogens with two attached hydrogens (primary N) is 1. The van der Waals surface area contributed by atoms with Crippen molar-refractivity contribution in [1.29, 1.82) is 0 Å². The molecule has 98 valence electrons. The molecule has 1 heterocycles. The Labute approximate surface area is 107 Å². The minimum Gasteiger partial charge on any atom is -0.432 e. The first-order valence-corrected chi connectivity index (χ1v) is 7.17. The van der Waals surface area contributed by atoms with Crippen molar-refractivity contribution in [2.45, 2.75) is 50.6 Å². The molecule has 4 heteroatoms. The van der Waals surface area contributed by atoms with Gasteiger partial charge in [0.15, 0.2) is 0 Å². The van der Waals surface area contributed by atoms with E-state index in [0.29, 0.717) is 12.6 Å². The van der Waals surface area contributed by atoms with Crippen molar-refractivity contribution in [2.75, 3.05) is 5.32 Å². The summed E-state index contributed by atoms with van der Waals surface area (Å²) in [5.74, 6) is 2.81. The van der Waals surface area contributed by atoms with Crippen LogP contribution >= 0.6 is 0 Å². The molecule has 0 atom stereocenters. The van der Waals surface area contributed by atoms with Gasteiger partial charge in [0.2, 0.25) is 0 Å². The predicted molar refractivity (Wildman–Crippen MR) is 68.9 cm³/mol. The third-order valence-electron chi connectivity index (χ3n) is 5.17. The van der Waals surface area contributed by atoms with E-state index in [1.165, 1.54) is 38.5 Å². The van der Waals surface area contributed by atoms with E-state index in [0.717, 1.165) is 23.4 Å². The molecule has 4 aliphatic carbocycles. The van der Waals surface area contributed by atoms with E-state index in [1.807, 2.05) is 0 Å². The van der Waals surface area contributed by atoms with Crippen LogP contribution in [0, 0.1) is 17.8 Å². The smallest absolute Gasteiger partial charge is 0.295 e. The standard InChI is InChI=1S/C14H21N3O/c15-7-12-8-18-13(16-12)17-14-4-9-1-10(5-14)3-11(2-9)6-14/h8-11H,1-7,15H2,(H,16,17). The third-order valence-corrected chi connectivity index (χ3v) is 5.17. The van der Waals surface area contributed by atoms with Gasteiger partial charge in [-0.1, -0.05) is 0 Å². The molecule has 0 radical (unpaired) electrons. The van der Waals surface area contributed by atoms with E-state index >= 15 is 0 Å². The second-order valence-electron chi connectivity index (χ2n) is 6.67. The second-order valence-corrected chi connectivity index (χ2v) is 6.67. The van der Waals surface area contributed by atoms with Gasteiger partial charge in [0.05, 0.1) is 5.69 Å². The largest absolute Gasteiger partial charge is 0.432 e. The summed E-state index contributed by atoms with van der Waals surface area (Å²) >= 11 is 0. The summed E-state index contributed by atoms with van der Waals surface area (Å²) in [6, 6.07) is 0.678. The van der Waals surface area contributed by atoms with Gasteiger partial charge in [-0.2, -0.15) is 4.98 Å². The maximum atomic E-state index is 5.57. The molecule has 0 amide bonds. The van der Waals surface area contributed by atoms with E-state index in [-0.39, 0.29) is 5.54 Å². The van der Waals surface area contributed by atoms with Crippen molar-refractivity contribution in [1.82, 2.24) is 4.98 Å². The predicted octanol–water partition coefficient (Wildman–Crippen LogP) is 2.51. The van der Waals surface area contributed by atoms with Gasteiger partial charge in [0.25, 0.3) is 6.01 Å². The maximum absolute atomic E-state index is 5.57. The molecule has 0 unspecified atom stereocenters. The van der Waals surface area contributed by atoms with Crippen LogP contribution in [0.3, 0.4) is 0 Å². The fourth-order valence-corrected chi connectivity index (χ4v) is 4.95. The van der Waals surface area contributed by atoms with Crippen LogP contribution in [0.15, 0.2) is 10.7 Å². The minimum absolute atomic E-state index is 0.269. The summed E-state index contributed by atoms with van der Waals surface area (Å²) in [7, 11) is 0. The minimum atomic E-state index is 0.269. The van der Waals surface area contributed by atoms with Crippen molar-refractivity contribution in [3.63, 3.8) is 0 Å². The van der Waals surface area contributed by atoms with E-state index in [1.54, 1.807) is 6.26 Å². The zero-order valence-electron chi connectivity index (χ0n) is 10.7. The third kappa shape index (κ3) is 1.66. The fourth-order valence-electron chi connectivity index (χ4n) is 4.95. The molecular formula is C14H21N3O. The highest BCUT2D eigenvalue weighted by Gasteiger charge is 2.51. The number of hydrogen-bond acceptors (Lipinski definition) is 4. The Balaban J connectivity index is 1.56. The Bertz CT molecular complexity index is 418. The van der Waals surface area contributed by atoms with Gasteiger partial charge in [-0.05, 0) is 56.3 Å². The van der Waals surface area contributed by atoms with E-state index < -0.39 is 0 Å². The Morgan fingerprint density at radius 1 is 1.22 bits per heavy atom. The second kappa shape index (κ2) is 3.73. The number of aromatic nitrogens is 1. The molecule has 4 saturated carbocycles. The lowest BCUT2D eigenvalue weighted by atomic mass is 9.53. The topological polar surface area (TPSA) is 64.1 Å². The van der Waals surface area contributed by atoms with Crippen LogP contribution in [0.4, 0.5) is 6.01 Å². The van der Waals surface area contributed by atoms with Crippen LogP contribution in [0.2, 0.25) is 0 Å². The van der Waals surface area contributed by atoms with E-state index in [4.69, 9.17) is 10.2 Å². The zero-order valence-corrected chi connectivity index (χ0v) is 10.7. The number of rotatable bonds is 3. The van der Waals surface area contributed by atoms with E-state index in [2.05, 4.69) is 10.3 Å². The molecular weight excluding hydrogens is 226 g/mol. The molecule has 1 aromatic rings. The summed E-state index contributed by atoms with van der Waals surface area (Å²) in [5, 5.41) is 3.61. The maximum Gasteiger partial charge on any atom is 0.295 e. The molecule has 4 bridgehead atoms. The number of anilines is 1. The van der Waals surface area contributed by atoms with Crippen molar-refractivity contribution in [3.05, 3.63) is 12.0 Å². The highest BCUT2D eigenvalue weighted by molar-refractivity contribution is 5.29. The molecule has 0 spiro atoms. The van der Waals surface area contributed by atoms with Crippen LogP contribution in [-0.2, 0) is 6.54 Å². The fraction of sp³-hybridized carbons (Fsp3) is 0.786. The lowest BCUT2D eigenvalue weighted by Gasteiger charge is -2.56. The molecule has 0 aromatic carbocycles. The van der Waals surface area contributed by atoms with Crippen molar-refractivity contribution in [2.24, 2.45) is 23.5 Å². The summed E-state index contributed by atoms with van der Waals surface area (Å²) in [5.41, 5.74) is 6.68. The molecule has 5 rings (SSSR count). The Morgan fingerprint density at radius 2 is 1.83 bits per heavy atom. The lowest BCUT2D eigenvalue weighted by molar-refractivity contribution is 0.00963. The first kappa shape index (κ1) is 10.9. The van der Waals surface area contributed by atoms with Crippen LogP contribution in [-0.4, -0.2) is 10.5 Å². The van der Waals surface area contributed by atoms with Gasteiger partial charge >= 0.3 is 0 Å². The molecule has 0 saturated heterocycles. The molecule has 4 fully saturated rings. The van der Waals surface area contributed by atoms with Crippen LogP contribution in [0.1, 0.15) is 44.2 Å². The van der Waals surface area contributed by atoms with Gasteiger partial charge in [-0.15, -0.1) is 0 Å². The van der Waals surface area contributed by atoms with Gasteiger partial charge < -0.3 is 15.5 Å². The average Bonchev–Trinajstić information content (AvgIpc) is 2.74. The first-order valence-electron chi connectivity index (χ1n) is 7.17. The van der Waals surface area contributed by atoms with E-state index in [9.17, 15) is 0 Å². The monoisotopic (exact) mass is 247 g/mol. The highest BCUT2D eigenvalue weighted by Crippen LogP contribution is 2.56. The summed E-state index contributed by atoms with van der Waals surface area (Å²) < 4.78 is 5.49. The van der Waals surface area contributed by atoms with Crippen LogP contribution in [0.25, 0.3) is 0 Å².